The summed E-state index contributed by atoms with van der Waals surface area (Å²) in [4.78, 5) is 0. The molecule has 1 saturated heterocycles. The van der Waals surface area contributed by atoms with E-state index >= 15 is 0 Å². The average Bonchev–Trinajstić information content (AvgIpc) is 1.93. The van der Waals surface area contributed by atoms with Crippen molar-refractivity contribution in [1.82, 2.24) is 0 Å². The van der Waals surface area contributed by atoms with Crippen LogP contribution in [0.15, 0.2) is 0 Å². The predicted molar refractivity (Wildman–Crippen MR) is 83.3 cm³/mol. The van der Waals surface area contributed by atoms with Gasteiger partial charge in [0.05, 0.1) is 5.60 Å². The van der Waals surface area contributed by atoms with E-state index in [2.05, 4.69) is 47.0 Å². The maximum Gasteiger partial charge on any atom is 0.449 e. The zero-order chi connectivity index (χ0) is 13.3. The molecule has 0 radical (unpaired) electrons. The van der Waals surface area contributed by atoms with Gasteiger partial charge in [-0.2, -0.15) is 0 Å². The third-order valence-electron chi connectivity index (χ3n) is 2.81. The fraction of sp³-hybridized carbons (Fsp3) is 1.00. The highest BCUT2D eigenvalue weighted by molar-refractivity contribution is 7.49. The smallest absolute Gasteiger partial charge is 0.422 e. The molecule has 0 amide bonds. The van der Waals surface area contributed by atoms with Gasteiger partial charge < -0.3 is 13.0 Å². The van der Waals surface area contributed by atoms with E-state index in [4.69, 9.17) is 13.0 Å². The number of rotatable bonds is 4. The van der Waals surface area contributed by atoms with Crippen LogP contribution in [0.4, 0.5) is 0 Å². The van der Waals surface area contributed by atoms with Crippen LogP contribution in [-0.4, -0.2) is 45.7 Å². The molecule has 0 N–H and O–H groups in total. The Labute approximate surface area is 112 Å². The van der Waals surface area contributed by atoms with Gasteiger partial charge in [0.1, 0.15) is 8.55 Å². The Morgan fingerprint density at radius 3 is 2.35 bits per heavy atom. The highest BCUT2D eigenvalue weighted by atomic mass is 29.6. The van der Waals surface area contributed by atoms with Crippen LogP contribution in [0, 0.1) is 0 Å². The van der Waals surface area contributed by atoms with E-state index in [0.29, 0.717) is 0 Å². The number of hydrogen-bond donors (Lipinski definition) is 0. The van der Waals surface area contributed by atoms with Gasteiger partial charge in [0, 0.05) is 14.2 Å². The van der Waals surface area contributed by atoms with Gasteiger partial charge in [-0.25, -0.2) is 0 Å². The lowest BCUT2D eigenvalue weighted by molar-refractivity contribution is 0.0373. The normalized spacial score (nSPS) is 33.2. The molecule has 1 unspecified atom stereocenters. The van der Waals surface area contributed by atoms with Crippen molar-refractivity contribution in [3.63, 3.8) is 0 Å². The maximum absolute atomic E-state index is 6.37. The molecule has 7 heteroatoms. The Kier molecular flexibility index (Phi) is 5.01. The first-order valence-corrected chi connectivity index (χ1v) is 19.0. The summed E-state index contributed by atoms with van der Waals surface area (Å²) in [7, 11) is -4.79. The van der Waals surface area contributed by atoms with Crippen LogP contribution < -0.4 is 0 Å². The van der Waals surface area contributed by atoms with Crippen molar-refractivity contribution in [3.05, 3.63) is 0 Å². The van der Waals surface area contributed by atoms with Gasteiger partial charge in [0.2, 0.25) is 0 Å². The molecule has 1 atom stereocenters. The fourth-order valence-corrected chi connectivity index (χ4v) is 39.4. The molecule has 0 saturated carbocycles. The lowest BCUT2D eigenvalue weighted by Gasteiger charge is -2.48. The summed E-state index contributed by atoms with van der Waals surface area (Å²) < 4.78 is 18.8. The Bertz CT molecular complexity index is 252. The molecule has 0 bridgehead atoms. The highest BCUT2D eigenvalue weighted by Gasteiger charge is 2.55. The van der Waals surface area contributed by atoms with Crippen LogP contribution in [0.25, 0.3) is 0 Å². The van der Waals surface area contributed by atoms with E-state index in [0.717, 1.165) is 6.61 Å². The van der Waals surface area contributed by atoms with Crippen molar-refractivity contribution in [2.75, 3.05) is 6.61 Å². The molecule has 0 aromatic rings. The predicted octanol–water partition coefficient (Wildman–Crippen LogP) is 1.64. The van der Waals surface area contributed by atoms with E-state index < -0.39 is 25.0 Å². The summed E-state index contributed by atoms with van der Waals surface area (Å²) in [5.74, 6) is 0. The molecule has 17 heavy (non-hydrogen) atoms. The number of hydrogen-bond acceptors (Lipinski definition) is 3. The summed E-state index contributed by atoms with van der Waals surface area (Å²) in [5.41, 5.74) is -0.0361. The van der Waals surface area contributed by atoms with Crippen molar-refractivity contribution >= 4 is 33.5 Å². The van der Waals surface area contributed by atoms with Crippen LogP contribution in [0.1, 0.15) is 20.8 Å². The summed E-state index contributed by atoms with van der Waals surface area (Å²) in [6, 6.07) is 1.26. The van der Waals surface area contributed by atoms with Crippen LogP contribution in [-0.2, 0) is 13.0 Å². The third-order valence-corrected chi connectivity index (χ3v) is 30.9. The minimum absolute atomic E-state index is 0.0361. The average molecular weight is 309 g/mol. The van der Waals surface area contributed by atoms with Gasteiger partial charge in [-0.15, -0.1) is 0 Å². The van der Waals surface area contributed by atoms with Gasteiger partial charge in [0.15, 0.2) is 9.04 Å². The van der Waals surface area contributed by atoms with Crippen LogP contribution >= 0.6 is 0 Å². The Morgan fingerprint density at radius 1 is 1.35 bits per heavy atom. The maximum atomic E-state index is 6.37. The molecule has 1 aliphatic heterocycles. The molecule has 1 heterocycles. The summed E-state index contributed by atoms with van der Waals surface area (Å²) in [6.45, 7) is 16.7. The SMILES string of the molecule is CCO[Si]1(O[SiH](C)C)OC(C)(C)C[Si](C)(C)[SiH2]1. The lowest BCUT2D eigenvalue weighted by atomic mass is 10.2. The molecule has 1 aliphatic rings. The minimum atomic E-state index is -2.25. The molecular formula is C10H28O3Si4. The van der Waals surface area contributed by atoms with E-state index in [1.807, 2.05) is 0 Å². The summed E-state index contributed by atoms with van der Waals surface area (Å²) >= 11 is 0. The fourth-order valence-electron chi connectivity index (χ4n) is 3.05. The Hall–Kier alpha value is 0.748. The molecule has 0 spiro atoms. The lowest BCUT2D eigenvalue weighted by Crippen LogP contribution is -2.70. The van der Waals surface area contributed by atoms with Gasteiger partial charge >= 0.3 is 8.32 Å². The Morgan fingerprint density at radius 2 is 1.94 bits per heavy atom. The molecule has 1 fully saturated rings. The van der Waals surface area contributed by atoms with E-state index in [-0.39, 0.29) is 14.2 Å². The molecule has 0 aromatic heterocycles. The molecular weight excluding hydrogens is 280 g/mol. The monoisotopic (exact) mass is 308 g/mol. The standard InChI is InChI=1S/C10H28O3Si4/c1-8-11-17(13-15(4)5)12-10(2,3)9-16(6,7)14-17/h15H,8-9,14H2,1-7H3. The van der Waals surface area contributed by atoms with Crippen LogP contribution in [0.3, 0.4) is 0 Å². The molecule has 1 rings (SSSR count). The first-order valence-electron chi connectivity index (χ1n) is 6.62. The van der Waals surface area contributed by atoms with Crippen molar-refractivity contribution in [1.29, 1.82) is 0 Å². The third kappa shape index (κ3) is 4.73. The molecule has 102 valence electrons. The van der Waals surface area contributed by atoms with E-state index in [9.17, 15) is 0 Å². The second-order valence-corrected chi connectivity index (χ2v) is 29.2. The van der Waals surface area contributed by atoms with Gasteiger partial charge in [-0.3, -0.25) is 0 Å². The highest BCUT2D eigenvalue weighted by Crippen LogP contribution is 2.34. The van der Waals surface area contributed by atoms with Gasteiger partial charge in [-0.1, -0.05) is 13.1 Å². The van der Waals surface area contributed by atoms with Crippen LogP contribution in [0.5, 0.6) is 0 Å². The van der Waals surface area contributed by atoms with E-state index in [1.165, 1.54) is 6.04 Å². The Balaban J connectivity index is 2.94. The zero-order valence-corrected chi connectivity index (χ0v) is 17.0. The summed E-state index contributed by atoms with van der Waals surface area (Å²) in [6.07, 6.45) is 0. The molecule has 0 aliphatic carbocycles. The molecule has 3 nitrogen and oxygen atoms in total. The topological polar surface area (TPSA) is 27.7 Å². The second-order valence-electron chi connectivity index (χ2n) is 6.66. The second kappa shape index (κ2) is 5.39. The van der Waals surface area contributed by atoms with E-state index in [1.54, 1.807) is 0 Å². The van der Waals surface area contributed by atoms with Crippen molar-refractivity contribution in [3.8, 4) is 0 Å². The minimum Gasteiger partial charge on any atom is -0.422 e. The van der Waals surface area contributed by atoms with Crippen LogP contribution in [0.2, 0.25) is 32.2 Å². The van der Waals surface area contributed by atoms with Gasteiger partial charge in [0.25, 0.3) is 0 Å². The molecule has 0 aromatic carbocycles. The first-order chi connectivity index (χ1) is 7.60. The van der Waals surface area contributed by atoms with Crippen molar-refractivity contribution in [2.45, 2.75) is 58.6 Å². The first kappa shape index (κ1) is 15.8. The van der Waals surface area contributed by atoms with Gasteiger partial charge in [-0.05, 0) is 39.9 Å². The van der Waals surface area contributed by atoms with Crippen molar-refractivity contribution < 1.29 is 13.0 Å². The quantitative estimate of drug-likeness (QED) is 0.739. The van der Waals surface area contributed by atoms with Crippen molar-refractivity contribution in [2.24, 2.45) is 0 Å². The summed E-state index contributed by atoms with van der Waals surface area (Å²) in [5, 5.41) is 0. The largest absolute Gasteiger partial charge is 0.449 e. The zero-order valence-electron chi connectivity index (χ0n) is 12.4.